The third-order valence-corrected chi connectivity index (χ3v) is 3.02. The van der Waals surface area contributed by atoms with E-state index in [0.717, 1.165) is 17.5 Å². The fourth-order valence-corrected chi connectivity index (χ4v) is 1.23. The van der Waals surface area contributed by atoms with Crippen molar-refractivity contribution < 1.29 is 4.79 Å². The standard InChI is InChI=1S/C6H12I2N2O/c1-10(5-7)4-2-3-6(11)9-8/h2-5H2,1H3,(H,9,11). The van der Waals surface area contributed by atoms with Crippen molar-refractivity contribution in [2.45, 2.75) is 12.8 Å². The number of hydrogen-bond donors (Lipinski definition) is 1. The minimum atomic E-state index is 0.118. The maximum Gasteiger partial charge on any atom is 0.228 e. The van der Waals surface area contributed by atoms with Gasteiger partial charge in [0.05, 0.1) is 27.4 Å². The third kappa shape index (κ3) is 7.26. The van der Waals surface area contributed by atoms with Crippen LogP contribution >= 0.6 is 45.5 Å². The fraction of sp³-hybridized carbons (Fsp3) is 0.833. The Kier molecular flexibility index (Phi) is 8.14. The van der Waals surface area contributed by atoms with Gasteiger partial charge in [0.15, 0.2) is 0 Å². The van der Waals surface area contributed by atoms with Crippen molar-refractivity contribution in [2.24, 2.45) is 0 Å². The van der Waals surface area contributed by atoms with Gasteiger partial charge in [0, 0.05) is 6.42 Å². The Bertz CT molecular complexity index is 121. The first-order valence-corrected chi connectivity index (χ1v) is 5.95. The van der Waals surface area contributed by atoms with Crippen LogP contribution in [-0.4, -0.2) is 29.0 Å². The molecule has 0 aromatic carbocycles. The molecular formula is C6H12I2N2O. The minimum Gasteiger partial charge on any atom is -0.299 e. The summed E-state index contributed by atoms with van der Waals surface area (Å²) in [6, 6.07) is 0. The van der Waals surface area contributed by atoms with Gasteiger partial charge in [-0.25, -0.2) is 0 Å². The highest BCUT2D eigenvalue weighted by Crippen LogP contribution is 1.95. The number of carbonyl (C=O) groups excluding carboxylic acids is 1. The van der Waals surface area contributed by atoms with Crippen molar-refractivity contribution in [3.8, 4) is 0 Å². The topological polar surface area (TPSA) is 32.3 Å². The number of rotatable bonds is 5. The van der Waals surface area contributed by atoms with Gasteiger partial charge in [-0.1, -0.05) is 22.6 Å². The van der Waals surface area contributed by atoms with Gasteiger partial charge in [0.1, 0.15) is 0 Å². The van der Waals surface area contributed by atoms with Gasteiger partial charge in [-0.05, 0) is 20.0 Å². The highest BCUT2D eigenvalue weighted by Gasteiger charge is 1.99. The quantitative estimate of drug-likeness (QED) is 0.339. The molecule has 0 atom stereocenters. The van der Waals surface area contributed by atoms with E-state index >= 15 is 0 Å². The molecule has 0 bridgehead atoms. The van der Waals surface area contributed by atoms with E-state index in [9.17, 15) is 4.79 Å². The molecule has 0 aliphatic heterocycles. The van der Waals surface area contributed by atoms with Crippen molar-refractivity contribution in [3.05, 3.63) is 0 Å². The predicted octanol–water partition coefficient (Wildman–Crippen LogP) is 1.56. The van der Waals surface area contributed by atoms with Crippen molar-refractivity contribution in [2.75, 3.05) is 18.1 Å². The van der Waals surface area contributed by atoms with E-state index in [4.69, 9.17) is 0 Å². The average molecular weight is 382 g/mol. The SMILES string of the molecule is CN(CI)CCCC(=O)NI. The molecule has 0 unspecified atom stereocenters. The summed E-state index contributed by atoms with van der Waals surface area (Å²) < 4.78 is 3.58. The average Bonchev–Trinajstić information content (AvgIpc) is 2.04. The van der Waals surface area contributed by atoms with Crippen LogP contribution in [0.1, 0.15) is 12.8 Å². The van der Waals surface area contributed by atoms with Crippen LogP contribution in [0.3, 0.4) is 0 Å². The summed E-state index contributed by atoms with van der Waals surface area (Å²) in [7, 11) is 2.05. The largest absolute Gasteiger partial charge is 0.299 e. The molecule has 11 heavy (non-hydrogen) atoms. The molecule has 0 aromatic heterocycles. The van der Waals surface area contributed by atoms with Gasteiger partial charge in [0.25, 0.3) is 0 Å². The maximum absolute atomic E-state index is 10.7. The maximum atomic E-state index is 10.7. The first-order valence-electron chi connectivity index (χ1n) is 3.34. The van der Waals surface area contributed by atoms with Crippen LogP contribution in [0.15, 0.2) is 0 Å². The molecule has 5 heteroatoms. The lowest BCUT2D eigenvalue weighted by molar-refractivity contribution is -0.118. The van der Waals surface area contributed by atoms with E-state index in [1.807, 2.05) is 22.9 Å². The zero-order valence-electron chi connectivity index (χ0n) is 6.44. The van der Waals surface area contributed by atoms with Crippen LogP contribution in [0, 0.1) is 0 Å². The normalized spacial score (nSPS) is 10.2. The van der Waals surface area contributed by atoms with E-state index in [-0.39, 0.29) is 5.91 Å². The second-order valence-corrected chi connectivity index (χ2v) is 3.54. The smallest absolute Gasteiger partial charge is 0.228 e. The van der Waals surface area contributed by atoms with Crippen LogP contribution in [0.25, 0.3) is 0 Å². The molecule has 0 aliphatic rings. The highest BCUT2D eigenvalue weighted by atomic mass is 127. The van der Waals surface area contributed by atoms with Crippen molar-refractivity contribution in [3.63, 3.8) is 0 Å². The summed E-state index contributed by atoms with van der Waals surface area (Å²) in [5.41, 5.74) is 0. The van der Waals surface area contributed by atoms with Crippen molar-refractivity contribution in [1.29, 1.82) is 0 Å². The van der Waals surface area contributed by atoms with E-state index in [2.05, 4.69) is 38.1 Å². The predicted molar refractivity (Wildman–Crippen MR) is 62.9 cm³/mol. The summed E-state index contributed by atoms with van der Waals surface area (Å²) >= 11 is 4.17. The number of carbonyl (C=O) groups is 1. The monoisotopic (exact) mass is 382 g/mol. The zero-order valence-corrected chi connectivity index (χ0v) is 10.8. The molecule has 0 fully saturated rings. The summed E-state index contributed by atoms with van der Waals surface area (Å²) in [5.74, 6) is 0.118. The Morgan fingerprint density at radius 3 is 2.73 bits per heavy atom. The number of alkyl halides is 1. The summed E-state index contributed by atoms with van der Waals surface area (Å²) in [6.45, 7) is 0.993. The Balaban J connectivity index is 3.20. The molecule has 0 aliphatic carbocycles. The van der Waals surface area contributed by atoms with Crippen LogP contribution in [0.5, 0.6) is 0 Å². The van der Waals surface area contributed by atoms with Gasteiger partial charge in [-0.15, -0.1) is 0 Å². The Hall–Kier alpha value is 0.890. The van der Waals surface area contributed by atoms with E-state index in [1.165, 1.54) is 0 Å². The van der Waals surface area contributed by atoms with Gasteiger partial charge < -0.3 is 0 Å². The minimum absolute atomic E-state index is 0.118. The number of nitrogens with zero attached hydrogens (tertiary/aromatic N) is 1. The molecule has 0 aromatic rings. The molecule has 0 saturated carbocycles. The molecule has 3 nitrogen and oxygen atoms in total. The van der Waals surface area contributed by atoms with E-state index in [1.54, 1.807) is 0 Å². The molecular weight excluding hydrogens is 370 g/mol. The number of nitrogens with one attached hydrogen (secondary N) is 1. The second kappa shape index (κ2) is 7.53. The summed E-state index contributed by atoms with van der Waals surface area (Å²) in [5, 5.41) is 0. The molecule has 0 rings (SSSR count). The first-order chi connectivity index (χ1) is 5.20. The lowest BCUT2D eigenvalue weighted by atomic mass is 10.3. The van der Waals surface area contributed by atoms with E-state index < -0.39 is 0 Å². The molecule has 0 spiro atoms. The summed E-state index contributed by atoms with van der Waals surface area (Å²) in [6.07, 6.45) is 1.57. The molecule has 1 N–H and O–H groups in total. The molecule has 0 radical (unpaired) electrons. The number of amides is 1. The van der Waals surface area contributed by atoms with Crippen LogP contribution in [-0.2, 0) is 4.79 Å². The second-order valence-electron chi connectivity index (χ2n) is 2.32. The summed E-state index contributed by atoms with van der Waals surface area (Å²) in [4.78, 5) is 12.9. The lowest BCUT2D eigenvalue weighted by Crippen LogP contribution is -2.19. The highest BCUT2D eigenvalue weighted by molar-refractivity contribution is 14.1. The fourth-order valence-electron chi connectivity index (χ4n) is 0.617. The van der Waals surface area contributed by atoms with Crippen LogP contribution < -0.4 is 3.53 Å². The van der Waals surface area contributed by atoms with Crippen molar-refractivity contribution >= 4 is 51.4 Å². The van der Waals surface area contributed by atoms with Gasteiger partial charge in [-0.3, -0.25) is 13.2 Å². The van der Waals surface area contributed by atoms with Gasteiger partial charge in [-0.2, -0.15) is 0 Å². The number of hydrogen-bond acceptors (Lipinski definition) is 2. The third-order valence-electron chi connectivity index (χ3n) is 1.25. The molecule has 1 amide bonds. The Morgan fingerprint density at radius 1 is 1.64 bits per heavy atom. The van der Waals surface area contributed by atoms with Crippen LogP contribution in [0.4, 0.5) is 0 Å². The number of halogens is 2. The van der Waals surface area contributed by atoms with Gasteiger partial charge >= 0.3 is 0 Å². The molecule has 0 heterocycles. The Labute approximate surface area is 94.9 Å². The lowest BCUT2D eigenvalue weighted by Gasteiger charge is -2.11. The van der Waals surface area contributed by atoms with Crippen LogP contribution in [0.2, 0.25) is 0 Å². The van der Waals surface area contributed by atoms with Gasteiger partial charge in [0.2, 0.25) is 5.91 Å². The molecule has 66 valence electrons. The zero-order chi connectivity index (χ0) is 8.69. The van der Waals surface area contributed by atoms with E-state index in [0.29, 0.717) is 6.42 Å². The molecule has 0 saturated heterocycles. The Morgan fingerprint density at radius 2 is 2.27 bits per heavy atom. The first kappa shape index (κ1) is 11.9. The van der Waals surface area contributed by atoms with Crippen molar-refractivity contribution in [1.82, 2.24) is 8.43 Å².